The first-order valence-corrected chi connectivity index (χ1v) is 7.72. The summed E-state index contributed by atoms with van der Waals surface area (Å²) in [6.07, 6.45) is 1.20. The summed E-state index contributed by atoms with van der Waals surface area (Å²) >= 11 is 1.22. The Morgan fingerprint density at radius 3 is 2.71 bits per heavy atom. The van der Waals surface area contributed by atoms with Gasteiger partial charge in [-0.15, -0.1) is 10.2 Å². The number of pyridine rings is 1. The highest BCUT2D eigenvalue weighted by atomic mass is 32.2. The molecule has 0 bridgehead atoms. The van der Waals surface area contributed by atoms with Crippen LogP contribution in [0, 0.1) is 22.9 Å². The summed E-state index contributed by atoms with van der Waals surface area (Å²) in [5, 5.41) is 20.0. The summed E-state index contributed by atoms with van der Waals surface area (Å²) < 4.78 is 15.6. The summed E-state index contributed by atoms with van der Waals surface area (Å²) in [5.41, 5.74) is 0.944. The molecule has 0 atom stereocenters. The molecule has 0 N–H and O–H groups in total. The van der Waals surface area contributed by atoms with Gasteiger partial charge in [0.25, 0.3) is 5.69 Å². The van der Waals surface area contributed by atoms with Crippen molar-refractivity contribution in [1.82, 2.24) is 19.7 Å². The van der Waals surface area contributed by atoms with Gasteiger partial charge < -0.3 is 4.57 Å². The molecule has 0 aliphatic rings. The van der Waals surface area contributed by atoms with Crippen molar-refractivity contribution in [1.29, 1.82) is 0 Å². The van der Waals surface area contributed by atoms with E-state index in [1.807, 2.05) is 0 Å². The molecule has 0 aliphatic heterocycles. The standard InChI is InChI=1S/C15H12FN5O2S/c1-9-7-10(21(22)23)8-17-14(9)24-15-19-18-13(20(15)2)11-5-3-4-6-12(11)16/h3-8H,1-2H3. The lowest BCUT2D eigenvalue weighted by Crippen LogP contribution is -1.97. The summed E-state index contributed by atoms with van der Waals surface area (Å²) in [4.78, 5) is 14.4. The topological polar surface area (TPSA) is 86.7 Å². The molecular weight excluding hydrogens is 333 g/mol. The Morgan fingerprint density at radius 2 is 2.04 bits per heavy atom. The summed E-state index contributed by atoms with van der Waals surface area (Å²) in [6.45, 7) is 1.73. The zero-order valence-electron chi connectivity index (χ0n) is 12.8. The number of benzene rings is 1. The van der Waals surface area contributed by atoms with Crippen LogP contribution in [-0.2, 0) is 7.05 Å². The van der Waals surface area contributed by atoms with Crippen molar-refractivity contribution in [3.05, 3.63) is 58.0 Å². The van der Waals surface area contributed by atoms with Gasteiger partial charge in [-0.25, -0.2) is 9.37 Å². The molecule has 9 heteroatoms. The zero-order valence-corrected chi connectivity index (χ0v) is 13.6. The monoisotopic (exact) mass is 345 g/mol. The Balaban J connectivity index is 1.93. The molecule has 0 amide bonds. The molecule has 0 saturated carbocycles. The molecule has 0 aliphatic carbocycles. The second-order valence-electron chi connectivity index (χ2n) is 5.02. The van der Waals surface area contributed by atoms with Crippen LogP contribution in [0.5, 0.6) is 0 Å². The maximum atomic E-state index is 13.9. The van der Waals surface area contributed by atoms with E-state index in [0.29, 0.717) is 27.1 Å². The highest BCUT2D eigenvalue weighted by Crippen LogP contribution is 2.31. The number of nitro groups is 1. The van der Waals surface area contributed by atoms with Gasteiger partial charge in [-0.2, -0.15) is 0 Å². The average Bonchev–Trinajstić information content (AvgIpc) is 2.90. The van der Waals surface area contributed by atoms with Crippen LogP contribution in [0.15, 0.2) is 46.7 Å². The third kappa shape index (κ3) is 2.98. The molecule has 1 aromatic carbocycles. The van der Waals surface area contributed by atoms with Crippen LogP contribution in [0.3, 0.4) is 0 Å². The number of hydrogen-bond donors (Lipinski definition) is 0. The normalized spacial score (nSPS) is 10.8. The van der Waals surface area contributed by atoms with Crippen LogP contribution >= 0.6 is 11.8 Å². The van der Waals surface area contributed by atoms with Gasteiger partial charge in [-0.3, -0.25) is 10.1 Å². The third-order valence-electron chi connectivity index (χ3n) is 3.36. The quantitative estimate of drug-likeness (QED) is 0.532. The lowest BCUT2D eigenvalue weighted by Gasteiger charge is -2.06. The van der Waals surface area contributed by atoms with E-state index in [4.69, 9.17) is 0 Å². The molecular formula is C15H12FN5O2S. The molecule has 0 unspecified atom stereocenters. The van der Waals surface area contributed by atoms with E-state index >= 15 is 0 Å². The fourth-order valence-electron chi connectivity index (χ4n) is 2.12. The first kappa shape index (κ1) is 16.1. The second-order valence-corrected chi connectivity index (χ2v) is 5.98. The predicted octanol–water partition coefficient (Wildman–Crippen LogP) is 3.38. The Labute approximate surface area is 140 Å². The summed E-state index contributed by atoms with van der Waals surface area (Å²) in [5.74, 6) is 0.0179. The molecule has 0 saturated heterocycles. The van der Waals surface area contributed by atoms with Crippen molar-refractivity contribution < 1.29 is 9.31 Å². The Kier molecular flexibility index (Phi) is 4.26. The van der Waals surface area contributed by atoms with E-state index in [-0.39, 0.29) is 11.5 Å². The number of halogens is 1. The zero-order chi connectivity index (χ0) is 17.3. The van der Waals surface area contributed by atoms with Gasteiger partial charge >= 0.3 is 0 Å². The third-order valence-corrected chi connectivity index (χ3v) is 4.52. The van der Waals surface area contributed by atoms with Gasteiger partial charge in [0.05, 0.1) is 10.5 Å². The number of rotatable bonds is 4. The molecule has 24 heavy (non-hydrogen) atoms. The fraction of sp³-hybridized carbons (Fsp3) is 0.133. The second kappa shape index (κ2) is 6.36. The maximum absolute atomic E-state index is 13.9. The largest absolute Gasteiger partial charge is 0.305 e. The molecule has 2 aromatic heterocycles. The highest BCUT2D eigenvalue weighted by molar-refractivity contribution is 7.99. The molecule has 3 aromatic rings. The van der Waals surface area contributed by atoms with Crippen LogP contribution in [0.2, 0.25) is 0 Å². The van der Waals surface area contributed by atoms with Crippen molar-refractivity contribution in [2.45, 2.75) is 17.1 Å². The molecule has 0 fully saturated rings. The van der Waals surface area contributed by atoms with E-state index in [1.54, 1.807) is 36.7 Å². The van der Waals surface area contributed by atoms with Gasteiger partial charge in [-0.05, 0) is 36.4 Å². The van der Waals surface area contributed by atoms with Crippen LogP contribution < -0.4 is 0 Å². The molecule has 2 heterocycles. The lowest BCUT2D eigenvalue weighted by molar-refractivity contribution is -0.385. The van der Waals surface area contributed by atoms with Crippen molar-refractivity contribution >= 4 is 17.4 Å². The van der Waals surface area contributed by atoms with Crippen molar-refractivity contribution in [2.75, 3.05) is 0 Å². The maximum Gasteiger partial charge on any atom is 0.287 e. The van der Waals surface area contributed by atoms with Gasteiger partial charge in [0.2, 0.25) is 0 Å². The lowest BCUT2D eigenvalue weighted by atomic mass is 10.2. The van der Waals surface area contributed by atoms with Gasteiger partial charge in [0.1, 0.15) is 17.0 Å². The molecule has 0 spiro atoms. The van der Waals surface area contributed by atoms with Gasteiger partial charge in [0.15, 0.2) is 11.0 Å². The molecule has 7 nitrogen and oxygen atoms in total. The first-order valence-electron chi connectivity index (χ1n) is 6.90. The molecule has 3 rings (SSSR count). The molecule has 0 radical (unpaired) electrons. The van der Waals surface area contributed by atoms with Crippen LogP contribution in [0.4, 0.5) is 10.1 Å². The van der Waals surface area contributed by atoms with E-state index in [0.717, 1.165) is 0 Å². The van der Waals surface area contributed by atoms with Gasteiger partial charge in [0, 0.05) is 13.1 Å². The average molecular weight is 345 g/mol. The van der Waals surface area contributed by atoms with Crippen LogP contribution in [0.1, 0.15) is 5.56 Å². The smallest absolute Gasteiger partial charge is 0.287 e. The van der Waals surface area contributed by atoms with E-state index in [9.17, 15) is 14.5 Å². The summed E-state index contributed by atoms with van der Waals surface area (Å²) in [7, 11) is 1.73. The van der Waals surface area contributed by atoms with Crippen molar-refractivity contribution in [2.24, 2.45) is 7.05 Å². The van der Waals surface area contributed by atoms with E-state index in [1.165, 1.54) is 30.1 Å². The number of nitrogens with zero attached hydrogens (tertiary/aromatic N) is 5. The SMILES string of the molecule is Cc1cc([N+](=O)[O-])cnc1Sc1nnc(-c2ccccc2F)n1C. The molecule has 122 valence electrons. The minimum Gasteiger partial charge on any atom is -0.305 e. The minimum atomic E-state index is -0.493. The number of aryl methyl sites for hydroxylation is 1. The van der Waals surface area contributed by atoms with Crippen LogP contribution in [-0.4, -0.2) is 24.7 Å². The number of aromatic nitrogens is 4. The van der Waals surface area contributed by atoms with Crippen LogP contribution in [0.25, 0.3) is 11.4 Å². The Hall–Kier alpha value is -2.81. The fourth-order valence-corrected chi connectivity index (χ4v) is 2.92. The van der Waals surface area contributed by atoms with Gasteiger partial charge in [-0.1, -0.05) is 12.1 Å². The predicted molar refractivity (Wildman–Crippen MR) is 86.1 cm³/mol. The summed E-state index contributed by atoms with van der Waals surface area (Å²) in [6, 6.07) is 7.77. The highest BCUT2D eigenvalue weighted by Gasteiger charge is 2.17. The van der Waals surface area contributed by atoms with Crippen molar-refractivity contribution in [3.63, 3.8) is 0 Å². The Morgan fingerprint density at radius 1 is 1.29 bits per heavy atom. The number of hydrogen-bond acceptors (Lipinski definition) is 6. The minimum absolute atomic E-state index is 0.0677. The Bertz CT molecular complexity index is 928. The van der Waals surface area contributed by atoms with Crippen molar-refractivity contribution in [3.8, 4) is 11.4 Å². The van der Waals surface area contributed by atoms with E-state index in [2.05, 4.69) is 15.2 Å². The van der Waals surface area contributed by atoms with E-state index < -0.39 is 4.92 Å². The first-order chi connectivity index (χ1) is 11.5.